The van der Waals surface area contributed by atoms with Crippen molar-refractivity contribution in [1.29, 1.82) is 0 Å². The van der Waals surface area contributed by atoms with Crippen molar-refractivity contribution in [1.82, 2.24) is 19.1 Å². The van der Waals surface area contributed by atoms with Gasteiger partial charge in [-0.15, -0.1) is 0 Å². The van der Waals surface area contributed by atoms with Gasteiger partial charge in [0.1, 0.15) is 5.69 Å². The Balaban J connectivity index is 1.12. The number of fused-ring (bicyclic) bond motifs is 10. The second kappa shape index (κ2) is 12.0. The normalized spacial score (nSPS) is 11.9. The highest BCUT2D eigenvalue weighted by Gasteiger charge is 2.22. The van der Waals surface area contributed by atoms with E-state index >= 15 is 0 Å². The van der Waals surface area contributed by atoms with E-state index in [1.807, 2.05) is 12.1 Å². The lowest BCUT2D eigenvalue weighted by Gasteiger charge is -2.15. The van der Waals surface area contributed by atoms with Crippen molar-refractivity contribution in [2.75, 3.05) is 0 Å². The molecule has 9 aromatic carbocycles. The van der Waals surface area contributed by atoms with E-state index in [9.17, 15) is 0 Å². The fraction of sp³-hybridized carbons (Fsp3) is 0. The Hall–Kier alpha value is -7.56. The van der Waals surface area contributed by atoms with Crippen LogP contribution in [0.25, 0.3) is 110 Å². The first-order valence-corrected chi connectivity index (χ1v) is 19.1. The molecule has 0 radical (unpaired) electrons. The molecule has 0 aliphatic heterocycles. The first-order chi connectivity index (χ1) is 27.8. The van der Waals surface area contributed by atoms with E-state index in [1.165, 1.54) is 59.7 Å². The summed E-state index contributed by atoms with van der Waals surface area (Å²) < 4.78 is 4.73. The van der Waals surface area contributed by atoms with Crippen LogP contribution in [0.3, 0.4) is 0 Å². The van der Waals surface area contributed by atoms with Gasteiger partial charge in [0.25, 0.3) is 0 Å². The minimum atomic E-state index is 0.807. The predicted octanol–water partition coefficient (Wildman–Crippen LogP) is 13.5. The number of hydrogen-bond acceptors (Lipinski definition) is 2. The molecule has 260 valence electrons. The monoisotopic (exact) mass is 712 g/mol. The molecule has 0 aliphatic rings. The Bertz CT molecular complexity index is 3480. The predicted molar refractivity (Wildman–Crippen MR) is 234 cm³/mol. The molecule has 0 spiro atoms. The molecule has 3 heterocycles. The molecule has 4 nitrogen and oxygen atoms in total. The van der Waals surface area contributed by atoms with E-state index in [2.05, 4.69) is 191 Å². The van der Waals surface area contributed by atoms with E-state index in [4.69, 9.17) is 9.97 Å². The Labute approximate surface area is 322 Å². The van der Waals surface area contributed by atoms with Gasteiger partial charge in [-0.05, 0) is 87.3 Å². The average molecular weight is 713 g/mol. The summed E-state index contributed by atoms with van der Waals surface area (Å²) in [5.74, 6) is 0.807. The fourth-order valence-corrected chi connectivity index (χ4v) is 8.88. The van der Waals surface area contributed by atoms with Crippen LogP contribution in [0.5, 0.6) is 0 Å². The van der Waals surface area contributed by atoms with Crippen LogP contribution in [0.4, 0.5) is 0 Å². The second-order valence-corrected chi connectivity index (χ2v) is 14.6. The molecule has 0 aliphatic carbocycles. The van der Waals surface area contributed by atoms with Crippen LogP contribution < -0.4 is 0 Å². The zero-order valence-corrected chi connectivity index (χ0v) is 30.3. The van der Waals surface area contributed by atoms with Crippen LogP contribution in [0.2, 0.25) is 0 Å². The standard InChI is InChI=1S/C52H32N4/c1-2-13-37-31-38(26-23-33(37)11-1)34-21-24-36(25-22-34)51-52(54-45-18-8-7-17-44(45)53-51)56-48-30-28-39(32-43(48)50-40-14-4-3-12-35(40)27-29-49(50)56)55-46-19-9-5-15-41(46)42-16-6-10-20-47(42)55/h1-32H. The van der Waals surface area contributed by atoms with Gasteiger partial charge in [-0.1, -0.05) is 140 Å². The molecule has 4 heteroatoms. The first-order valence-electron chi connectivity index (χ1n) is 19.1. The van der Waals surface area contributed by atoms with Gasteiger partial charge in [-0.3, -0.25) is 4.57 Å². The Morgan fingerprint density at radius 1 is 0.321 bits per heavy atom. The van der Waals surface area contributed by atoms with E-state index < -0.39 is 0 Å². The number of para-hydroxylation sites is 4. The summed E-state index contributed by atoms with van der Waals surface area (Å²) in [6.07, 6.45) is 0. The summed E-state index contributed by atoms with van der Waals surface area (Å²) in [6.45, 7) is 0. The van der Waals surface area contributed by atoms with Crippen LogP contribution in [-0.2, 0) is 0 Å². The molecule has 12 aromatic rings. The van der Waals surface area contributed by atoms with Gasteiger partial charge < -0.3 is 4.57 Å². The van der Waals surface area contributed by atoms with E-state index in [-0.39, 0.29) is 0 Å². The van der Waals surface area contributed by atoms with E-state index in [0.717, 1.165) is 50.4 Å². The summed E-state index contributed by atoms with van der Waals surface area (Å²) in [5.41, 5.74) is 11.6. The Morgan fingerprint density at radius 3 is 1.64 bits per heavy atom. The van der Waals surface area contributed by atoms with E-state index in [0.29, 0.717) is 0 Å². The molecule has 0 saturated carbocycles. The number of hydrogen-bond donors (Lipinski definition) is 0. The SMILES string of the molecule is c1ccc2cc(-c3ccc(-c4nc5ccccc5nc4-n4c5ccc(-n6c7ccccc7c7ccccc76)cc5c5c6ccccc6ccc54)cc3)ccc2c1. The lowest BCUT2D eigenvalue weighted by molar-refractivity contribution is 1.08. The number of rotatable bonds is 4. The van der Waals surface area contributed by atoms with Crippen molar-refractivity contribution in [2.24, 2.45) is 0 Å². The first kappa shape index (κ1) is 30.9. The highest BCUT2D eigenvalue weighted by Crippen LogP contribution is 2.41. The summed E-state index contributed by atoms with van der Waals surface area (Å²) >= 11 is 0. The molecule has 12 rings (SSSR count). The zero-order chi connectivity index (χ0) is 36.7. The average Bonchev–Trinajstić information content (AvgIpc) is 3.78. The largest absolute Gasteiger partial charge is 0.309 e. The molecule has 0 fully saturated rings. The molecule has 0 bridgehead atoms. The second-order valence-electron chi connectivity index (χ2n) is 14.6. The van der Waals surface area contributed by atoms with Crippen molar-refractivity contribution in [2.45, 2.75) is 0 Å². The van der Waals surface area contributed by atoms with Crippen LogP contribution in [0, 0.1) is 0 Å². The van der Waals surface area contributed by atoms with Gasteiger partial charge in [0, 0.05) is 32.8 Å². The highest BCUT2D eigenvalue weighted by molar-refractivity contribution is 6.22. The number of aromatic nitrogens is 4. The lowest BCUT2D eigenvalue weighted by atomic mass is 9.99. The minimum Gasteiger partial charge on any atom is -0.309 e. The number of nitrogens with zero attached hydrogens (tertiary/aromatic N) is 4. The molecule has 0 saturated heterocycles. The van der Waals surface area contributed by atoms with Gasteiger partial charge in [0.15, 0.2) is 5.82 Å². The van der Waals surface area contributed by atoms with E-state index in [1.54, 1.807) is 0 Å². The third kappa shape index (κ3) is 4.60. The fourth-order valence-electron chi connectivity index (χ4n) is 8.88. The van der Waals surface area contributed by atoms with Crippen molar-refractivity contribution in [3.8, 4) is 33.9 Å². The molecular weight excluding hydrogens is 681 g/mol. The highest BCUT2D eigenvalue weighted by atomic mass is 15.1. The molecule has 0 unspecified atom stereocenters. The molecule has 56 heavy (non-hydrogen) atoms. The third-order valence-corrected chi connectivity index (χ3v) is 11.5. The molecule has 0 atom stereocenters. The van der Waals surface area contributed by atoms with Crippen molar-refractivity contribution < 1.29 is 0 Å². The Morgan fingerprint density at radius 2 is 0.875 bits per heavy atom. The summed E-state index contributed by atoms with van der Waals surface area (Å²) in [6, 6.07) is 69.6. The van der Waals surface area contributed by atoms with Crippen LogP contribution >= 0.6 is 0 Å². The van der Waals surface area contributed by atoms with Gasteiger partial charge >= 0.3 is 0 Å². The third-order valence-electron chi connectivity index (χ3n) is 11.5. The molecule has 0 amide bonds. The summed E-state index contributed by atoms with van der Waals surface area (Å²) in [7, 11) is 0. The maximum atomic E-state index is 5.44. The topological polar surface area (TPSA) is 35.6 Å². The minimum absolute atomic E-state index is 0.807. The summed E-state index contributed by atoms with van der Waals surface area (Å²) in [4.78, 5) is 10.8. The van der Waals surface area contributed by atoms with Crippen molar-refractivity contribution in [3.05, 3.63) is 194 Å². The van der Waals surface area contributed by atoms with Gasteiger partial charge in [-0.25, -0.2) is 9.97 Å². The summed E-state index contributed by atoms with van der Waals surface area (Å²) in [5, 5.41) is 9.76. The zero-order valence-electron chi connectivity index (χ0n) is 30.3. The molecule has 3 aromatic heterocycles. The van der Waals surface area contributed by atoms with Gasteiger partial charge in [-0.2, -0.15) is 0 Å². The quantitative estimate of drug-likeness (QED) is 0.182. The Kier molecular flexibility index (Phi) is 6.60. The van der Waals surface area contributed by atoms with Gasteiger partial charge in [0.2, 0.25) is 0 Å². The maximum Gasteiger partial charge on any atom is 0.165 e. The van der Waals surface area contributed by atoms with Crippen molar-refractivity contribution >= 4 is 76.2 Å². The van der Waals surface area contributed by atoms with Crippen LogP contribution in [0.1, 0.15) is 0 Å². The van der Waals surface area contributed by atoms with Crippen molar-refractivity contribution in [3.63, 3.8) is 0 Å². The lowest BCUT2D eigenvalue weighted by Crippen LogP contribution is -2.04. The van der Waals surface area contributed by atoms with Gasteiger partial charge in [0.05, 0.1) is 33.1 Å². The molecular formula is C52H32N4. The smallest absolute Gasteiger partial charge is 0.165 e. The molecule has 0 N–H and O–H groups in total. The number of benzene rings is 9. The van der Waals surface area contributed by atoms with Crippen LogP contribution in [-0.4, -0.2) is 19.1 Å². The maximum absolute atomic E-state index is 5.44. The van der Waals surface area contributed by atoms with Crippen LogP contribution in [0.15, 0.2) is 194 Å².